The maximum absolute atomic E-state index is 11.8. The molecule has 1 aromatic heterocycles. The van der Waals surface area contributed by atoms with E-state index in [0.29, 0.717) is 6.42 Å². The first-order valence-corrected chi connectivity index (χ1v) is 5.17. The second-order valence-electron chi connectivity index (χ2n) is 3.75. The number of carbonyl (C=O) groups excluding carboxylic acids is 1. The molecule has 0 aliphatic rings. The summed E-state index contributed by atoms with van der Waals surface area (Å²) in [6, 6.07) is 2.87. The number of amides is 1. The Kier molecular flexibility index (Phi) is 4.25. The molecule has 0 saturated carbocycles. The monoisotopic (exact) mass is 223 g/mol. The topological polar surface area (TPSA) is 65.5 Å². The van der Waals surface area contributed by atoms with Crippen LogP contribution in [0.4, 0.5) is 5.82 Å². The predicted octanol–water partition coefficient (Wildman–Crippen LogP) is 1.07. The maximum Gasteiger partial charge on any atom is 0.242 e. The van der Waals surface area contributed by atoms with Gasteiger partial charge in [-0.2, -0.15) is 0 Å². The Morgan fingerprint density at radius 2 is 2.31 bits per heavy atom. The van der Waals surface area contributed by atoms with Crippen molar-refractivity contribution >= 4 is 11.7 Å². The van der Waals surface area contributed by atoms with E-state index in [-0.39, 0.29) is 23.5 Å². The predicted molar refractivity (Wildman–Crippen MR) is 62.3 cm³/mol. The van der Waals surface area contributed by atoms with Gasteiger partial charge in [0.2, 0.25) is 5.91 Å². The normalized spacial score (nSPS) is 12.5. The third kappa shape index (κ3) is 2.93. The largest absolute Gasteiger partial charge is 0.504 e. The van der Waals surface area contributed by atoms with Crippen LogP contribution >= 0.6 is 0 Å². The van der Waals surface area contributed by atoms with Crippen LogP contribution in [0, 0.1) is 0 Å². The Morgan fingerprint density at radius 3 is 2.81 bits per heavy atom. The molecule has 0 aliphatic carbocycles. The summed E-state index contributed by atoms with van der Waals surface area (Å²) in [6.07, 6.45) is 2.22. The molecule has 0 saturated heterocycles. The highest BCUT2D eigenvalue weighted by molar-refractivity contribution is 5.94. The van der Waals surface area contributed by atoms with E-state index in [1.54, 1.807) is 6.07 Å². The van der Waals surface area contributed by atoms with E-state index in [1.807, 2.05) is 25.9 Å². The summed E-state index contributed by atoms with van der Waals surface area (Å²) >= 11 is 0. The van der Waals surface area contributed by atoms with Crippen LogP contribution in [-0.2, 0) is 4.79 Å². The van der Waals surface area contributed by atoms with Gasteiger partial charge in [0.15, 0.2) is 11.6 Å². The van der Waals surface area contributed by atoms with E-state index in [9.17, 15) is 9.90 Å². The van der Waals surface area contributed by atoms with E-state index in [0.717, 1.165) is 0 Å². The van der Waals surface area contributed by atoms with Gasteiger partial charge in [0, 0.05) is 6.20 Å². The zero-order chi connectivity index (χ0) is 12.1. The van der Waals surface area contributed by atoms with Gasteiger partial charge < -0.3 is 10.4 Å². The third-order valence-electron chi connectivity index (χ3n) is 2.34. The second kappa shape index (κ2) is 5.46. The number of aromatic hydroxyl groups is 1. The van der Waals surface area contributed by atoms with Gasteiger partial charge in [-0.25, -0.2) is 4.98 Å². The lowest BCUT2D eigenvalue weighted by Gasteiger charge is -2.21. The summed E-state index contributed by atoms with van der Waals surface area (Å²) in [5, 5.41) is 12.1. The number of hydrogen-bond donors (Lipinski definition) is 2. The summed E-state index contributed by atoms with van der Waals surface area (Å²) < 4.78 is 0. The number of carbonyl (C=O) groups is 1. The highest BCUT2D eigenvalue weighted by atomic mass is 16.3. The first-order valence-electron chi connectivity index (χ1n) is 5.17. The second-order valence-corrected chi connectivity index (χ2v) is 3.75. The standard InChI is InChI=1S/C11H17N3O2/c1-4-8(14(2)3)11(16)13-10-9(15)6-5-7-12-10/h5-8,15H,4H2,1-3H3,(H,12,13,16)/t8-/m1/s1. The number of likely N-dealkylation sites (N-methyl/N-ethyl adjacent to an activating group) is 1. The molecule has 0 aliphatic heterocycles. The van der Waals surface area contributed by atoms with Gasteiger partial charge in [-0.05, 0) is 32.6 Å². The summed E-state index contributed by atoms with van der Waals surface area (Å²) in [5.41, 5.74) is 0. The van der Waals surface area contributed by atoms with Gasteiger partial charge in [-0.3, -0.25) is 9.69 Å². The molecule has 0 aromatic carbocycles. The fraction of sp³-hybridized carbons (Fsp3) is 0.455. The molecule has 1 atom stereocenters. The van der Waals surface area contributed by atoms with Crippen LogP contribution in [0.5, 0.6) is 5.75 Å². The number of anilines is 1. The SMILES string of the molecule is CC[C@H](C(=O)Nc1ncccc1O)N(C)C. The average molecular weight is 223 g/mol. The molecule has 0 spiro atoms. The van der Waals surface area contributed by atoms with Crippen LogP contribution < -0.4 is 5.32 Å². The fourth-order valence-electron chi connectivity index (χ4n) is 1.48. The number of pyridine rings is 1. The number of aromatic nitrogens is 1. The van der Waals surface area contributed by atoms with Gasteiger partial charge in [0.25, 0.3) is 0 Å². The van der Waals surface area contributed by atoms with Crippen molar-refractivity contribution in [2.45, 2.75) is 19.4 Å². The molecule has 2 N–H and O–H groups in total. The van der Waals surface area contributed by atoms with E-state index in [4.69, 9.17) is 0 Å². The van der Waals surface area contributed by atoms with E-state index in [2.05, 4.69) is 10.3 Å². The van der Waals surface area contributed by atoms with Gasteiger partial charge in [0.1, 0.15) is 0 Å². The lowest BCUT2D eigenvalue weighted by atomic mass is 10.2. The molecule has 1 aromatic rings. The van der Waals surface area contributed by atoms with Crippen LogP contribution in [0.15, 0.2) is 18.3 Å². The molecule has 5 nitrogen and oxygen atoms in total. The molecule has 0 unspecified atom stereocenters. The Labute approximate surface area is 95.1 Å². The van der Waals surface area contributed by atoms with Gasteiger partial charge >= 0.3 is 0 Å². The van der Waals surface area contributed by atoms with Crippen molar-refractivity contribution in [3.8, 4) is 5.75 Å². The number of hydrogen-bond acceptors (Lipinski definition) is 4. The van der Waals surface area contributed by atoms with Crippen molar-refractivity contribution in [1.29, 1.82) is 0 Å². The first kappa shape index (κ1) is 12.4. The highest BCUT2D eigenvalue weighted by Gasteiger charge is 2.19. The van der Waals surface area contributed by atoms with Gasteiger partial charge in [-0.1, -0.05) is 6.92 Å². The summed E-state index contributed by atoms with van der Waals surface area (Å²) in [6.45, 7) is 1.93. The molecule has 1 amide bonds. The van der Waals surface area contributed by atoms with Crippen LogP contribution in [0.3, 0.4) is 0 Å². The summed E-state index contributed by atoms with van der Waals surface area (Å²) in [5.74, 6) is 0.0127. The molecule has 0 bridgehead atoms. The Hall–Kier alpha value is -1.62. The maximum atomic E-state index is 11.8. The van der Waals surface area contributed by atoms with Crippen molar-refractivity contribution in [3.05, 3.63) is 18.3 Å². The molecule has 1 heterocycles. The fourth-order valence-corrected chi connectivity index (χ4v) is 1.48. The van der Waals surface area contributed by atoms with E-state index < -0.39 is 0 Å². The van der Waals surface area contributed by atoms with Crippen LogP contribution in [-0.4, -0.2) is 41.0 Å². The van der Waals surface area contributed by atoms with Crippen molar-refractivity contribution < 1.29 is 9.90 Å². The lowest BCUT2D eigenvalue weighted by molar-refractivity contribution is -0.120. The quantitative estimate of drug-likeness (QED) is 0.801. The Morgan fingerprint density at radius 1 is 1.62 bits per heavy atom. The zero-order valence-electron chi connectivity index (χ0n) is 9.77. The average Bonchev–Trinajstić information content (AvgIpc) is 2.22. The van der Waals surface area contributed by atoms with Crippen LogP contribution in [0.25, 0.3) is 0 Å². The Bertz CT molecular complexity index is 366. The lowest BCUT2D eigenvalue weighted by Crippen LogP contribution is -2.39. The minimum atomic E-state index is -0.221. The molecular formula is C11H17N3O2. The minimum absolute atomic E-state index is 0.0236. The summed E-state index contributed by atoms with van der Waals surface area (Å²) in [7, 11) is 3.68. The van der Waals surface area contributed by atoms with Crippen LogP contribution in [0.2, 0.25) is 0 Å². The van der Waals surface area contributed by atoms with Crippen molar-refractivity contribution in [2.24, 2.45) is 0 Å². The van der Waals surface area contributed by atoms with Crippen molar-refractivity contribution in [1.82, 2.24) is 9.88 Å². The molecule has 0 radical (unpaired) electrons. The molecule has 1 rings (SSSR count). The van der Waals surface area contributed by atoms with E-state index >= 15 is 0 Å². The van der Waals surface area contributed by atoms with Crippen molar-refractivity contribution in [2.75, 3.05) is 19.4 Å². The zero-order valence-corrected chi connectivity index (χ0v) is 9.77. The van der Waals surface area contributed by atoms with Crippen LogP contribution in [0.1, 0.15) is 13.3 Å². The van der Waals surface area contributed by atoms with E-state index in [1.165, 1.54) is 12.3 Å². The van der Waals surface area contributed by atoms with Crippen molar-refractivity contribution in [3.63, 3.8) is 0 Å². The number of nitrogens with one attached hydrogen (secondary N) is 1. The Balaban J connectivity index is 2.74. The highest BCUT2D eigenvalue weighted by Crippen LogP contribution is 2.18. The molecule has 16 heavy (non-hydrogen) atoms. The smallest absolute Gasteiger partial charge is 0.242 e. The third-order valence-corrected chi connectivity index (χ3v) is 2.34. The molecule has 5 heteroatoms. The summed E-state index contributed by atoms with van der Waals surface area (Å²) in [4.78, 5) is 17.6. The molecule has 88 valence electrons. The number of nitrogens with zero attached hydrogens (tertiary/aromatic N) is 2. The van der Waals surface area contributed by atoms with Gasteiger partial charge in [-0.15, -0.1) is 0 Å². The molecule has 0 fully saturated rings. The van der Waals surface area contributed by atoms with Gasteiger partial charge in [0.05, 0.1) is 6.04 Å². The number of rotatable bonds is 4. The first-order chi connectivity index (χ1) is 7.56. The minimum Gasteiger partial charge on any atom is -0.504 e. The molecular weight excluding hydrogens is 206 g/mol.